The largest absolute Gasteiger partial charge is 0.351 e. The van der Waals surface area contributed by atoms with Gasteiger partial charge in [-0.05, 0) is 31.4 Å². The van der Waals surface area contributed by atoms with Gasteiger partial charge in [0.1, 0.15) is 0 Å². The molecule has 1 aromatic heterocycles. The number of rotatable bonds is 1. The first-order chi connectivity index (χ1) is 8.79. The van der Waals surface area contributed by atoms with Crippen LogP contribution in [-0.2, 0) is 13.1 Å². The van der Waals surface area contributed by atoms with E-state index in [1.807, 2.05) is 18.2 Å². The van der Waals surface area contributed by atoms with Crippen molar-refractivity contribution in [3.05, 3.63) is 51.3 Å². The summed E-state index contributed by atoms with van der Waals surface area (Å²) in [6.45, 7) is 1.27. The van der Waals surface area contributed by atoms with Gasteiger partial charge < -0.3 is 0 Å². The molecule has 0 fully saturated rings. The first kappa shape index (κ1) is 11.1. The van der Waals surface area contributed by atoms with Crippen molar-refractivity contribution >= 4 is 0 Å². The van der Waals surface area contributed by atoms with Crippen LogP contribution in [0.15, 0.2) is 39.9 Å². The van der Waals surface area contributed by atoms with E-state index in [0.717, 1.165) is 19.3 Å². The standard InChI is InChI=1S/C13H15N3O2/c17-12-14-9-5-2-6-10-15(14)13(18)16(12)11-7-3-1-4-8-11/h1,3-4,7-8H,2,5-6,9-10H2. The van der Waals surface area contributed by atoms with Crippen molar-refractivity contribution in [2.45, 2.75) is 32.4 Å². The lowest BCUT2D eigenvalue weighted by Gasteiger charge is -2.01. The summed E-state index contributed by atoms with van der Waals surface area (Å²) in [5, 5.41) is 0. The second kappa shape index (κ2) is 4.33. The molecule has 0 aliphatic carbocycles. The zero-order chi connectivity index (χ0) is 12.5. The number of aromatic nitrogens is 3. The SMILES string of the molecule is O=c1n(-c2ccccc2)c(=O)n2n1CCCCC2. The lowest BCUT2D eigenvalue weighted by atomic mass is 10.2. The Morgan fingerprint density at radius 1 is 0.778 bits per heavy atom. The van der Waals surface area contributed by atoms with Crippen LogP contribution in [0.1, 0.15) is 19.3 Å². The van der Waals surface area contributed by atoms with Crippen LogP contribution >= 0.6 is 0 Å². The molecule has 3 rings (SSSR count). The van der Waals surface area contributed by atoms with E-state index >= 15 is 0 Å². The third-order valence-electron chi connectivity index (χ3n) is 3.37. The highest BCUT2D eigenvalue weighted by Crippen LogP contribution is 2.06. The van der Waals surface area contributed by atoms with Crippen LogP contribution in [0.25, 0.3) is 5.69 Å². The van der Waals surface area contributed by atoms with Crippen LogP contribution in [0.2, 0.25) is 0 Å². The van der Waals surface area contributed by atoms with Crippen LogP contribution in [0.5, 0.6) is 0 Å². The van der Waals surface area contributed by atoms with Gasteiger partial charge in [-0.25, -0.2) is 23.5 Å². The fraction of sp³-hybridized carbons (Fsp3) is 0.385. The summed E-state index contributed by atoms with van der Waals surface area (Å²) in [5.41, 5.74) is 0.182. The van der Waals surface area contributed by atoms with Gasteiger partial charge in [0.05, 0.1) is 5.69 Å². The van der Waals surface area contributed by atoms with Crippen LogP contribution in [0.4, 0.5) is 0 Å². The molecule has 0 bridgehead atoms. The summed E-state index contributed by atoms with van der Waals surface area (Å²) in [7, 11) is 0. The van der Waals surface area contributed by atoms with E-state index in [1.165, 1.54) is 4.57 Å². The molecule has 0 unspecified atom stereocenters. The van der Waals surface area contributed by atoms with Crippen molar-refractivity contribution in [2.75, 3.05) is 0 Å². The molecule has 1 aliphatic rings. The summed E-state index contributed by atoms with van der Waals surface area (Å²) in [4.78, 5) is 24.6. The molecule has 0 N–H and O–H groups in total. The van der Waals surface area contributed by atoms with Gasteiger partial charge in [-0.15, -0.1) is 0 Å². The zero-order valence-corrected chi connectivity index (χ0v) is 10.1. The van der Waals surface area contributed by atoms with Crippen molar-refractivity contribution < 1.29 is 0 Å². The number of fused-ring (bicyclic) bond motifs is 1. The molecule has 0 amide bonds. The van der Waals surface area contributed by atoms with Crippen LogP contribution in [0.3, 0.4) is 0 Å². The number of nitrogens with zero attached hydrogens (tertiary/aromatic N) is 3. The second-order valence-corrected chi connectivity index (χ2v) is 4.54. The molecule has 94 valence electrons. The fourth-order valence-electron chi connectivity index (χ4n) is 2.45. The Hall–Kier alpha value is -2.04. The maximum Gasteiger partial charge on any atom is 0.351 e. The number of benzene rings is 1. The van der Waals surface area contributed by atoms with E-state index in [9.17, 15) is 9.59 Å². The highest BCUT2D eigenvalue weighted by molar-refractivity contribution is 5.30. The van der Waals surface area contributed by atoms with Crippen molar-refractivity contribution in [3.8, 4) is 5.69 Å². The summed E-state index contributed by atoms with van der Waals surface area (Å²) in [6.07, 6.45) is 2.98. The third kappa shape index (κ3) is 1.63. The van der Waals surface area contributed by atoms with E-state index in [1.54, 1.807) is 21.5 Å². The average Bonchev–Trinajstić information content (AvgIpc) is 2.60. The predicted octanol–water partition coefficient (Wildman–Crippen LogP) is 0.985. The van der Waals surface area contributed by atoms with Crippen LogP contribution in [-0.4, -0.2) is 13.9 Å². The van der Waals surface area contributed by atoms with E-state index in [-0.39, 0.29) is 11.4 Å². The molecule has 2 aromatic rings. The molecule has 0 atom stereocenters. The van der Waals surface area contributed by atoms with Crippen LogP contribution < -0.4 is 11.4 Å². The summed E-state index contributed by atoms with van der Waals surface area (Å²) < 4.78 is 4.40. The Morgan fingerprint density at radius 2 is 1.33 bits per heavy atom. The monoisotopic (exact) mass is 245 g/mol. The van der Waals surface area contributed by atoms with Gasteiger partial charge in [0.2, 0.25) is 0 Å². The van der Waals surface area contributed by atoms with Crippen LogP contribution in [0, 0.1) is 0 Å². The molecule has 0 spiro atoms. The Balaban J connectivity index is 2.24. The van der Waals surface area contributed by atoms with Gasteiger partial charge in [-0.2, -0.15) is 0 Å². The minimum Gasteiger partial charge on any atom is -0.246 e. The minimum absolute atomic E-state index is 0.229. The highest BCUT2D eigenvalue weighted by atomic mass is 16.2. The molecule has 0 saturated heterocycles. The summed E-state index contributed by atoms with van der Waals surface area (Å²) in [5.74, 6) is 0. The molecule has 1 aromatic carbocycles. The molecular weight excluding hydrogens is 230 g/mol. The molecule has 1 aliphatic heterocycles. The molecule has 18 heavy (non-hydrogen) atoms. The van der Waals surface area contributed by atoms with Gasteiger partial charge >= 0.3 is 11.4 Å². The molecule has 5 heteroatoms. The van der Waals surface area contributed by atoms with Gasteiger partial charge in [-0.3, -0.25) is 0 Å². The zero-order valence-electron chi connectivity index (χ0n) is 10.1. The molecule has 2 heterocycles. The first-order valence-electron chi connectivity index (χ1n) is 6.27. The molecule has 0 saturated carbocycles. The summed E-state index contributed by atoms with van der Waals surface area (Å²) in [6, 6.07) is 9.09. The van der Waals surface area contributed by atoms with Gasteiger partial charge in [-0.1, -0.05) is 18.2 Å². The average molecular weight is 245 g/mol. The van der Waals surface area contributed by atoms with Crippen molar-refractivity contribution in [1.29, 1.82) is 0 Å². The van der Waals surface area contributed by atoms with Gasteiger partial charge in [0, 0.05) is 13.1 Å². The van der Waals surface area contributed by atoms with E-state index in [4.69, 9.17) is 0 Å². The smallest absolute Gasteiger partial charge is 0.246 e. The van der Waals surface area contributed by atoms with E-state index in [2.05, 4.69) is 0 Å². The van der Waals surface area contributed by atoms with Crippen molar-refractivity contribution in [2.24, 2.45) is 0 Å². The maximum absolute atomic E-state index is 12.3. The normalized spacial score (nSPS) is 15.1. The van der Waals surface area contributed by atoms with E-state index < -0.39 is 0 Å². The van der Waals surface area contributed by atoms with E-state index in [0.29, 0.717) is 18.8 Å². The maximum atomic E-state index is 12.3. The van der Waals surface area contributed by atoms with Crippen molar-refractivity contribution in [1.82, 2.24) is 13.9 Å². The Bertz CT molecular complexity index is 626. The fourth-order valence-corrected chi connectivity index (χ4v) is 2.45. The topological polar surface area (TPSA) is 48.9 Å². The molecule has 5 nitrogen and oxygen atoms in total. The lowest BCUT2D eigenvalue weighted by Crippen LogP contribution is -2.27. The number of hydrogen-bond donors (Lipinski definition) is 0. The third-order valence-corrected chi connectivity index (χ3v) is 3.37. The first-order valence-corrected chi connectivity index (χ1v) is 6.27. The number of para-hydroxylation sites is 1. The highest BCUT2D eigenvalue weighted by Gasteiger charge is 2.18. The summed E-state index contributed by atoms with van der Waals surface area (Å²) >= 11 is 0. The quantitative estimate of drug-likeness (QED) is 0.752. The van der Waals surface area contributed by atoms with Gasteiger partial charge in [0.15, 0.2) is 0 Å². The minimum atomic E-state index is -0.229. The second-order valence-electron chi connectivity index (χ2n) is 4.54. The number of hydrogen-bond acceptors (Lipinski definition) is 2. The molecule has 0 radical (unpaired) electrons. The van der Waals surface area contributed by atoms with Gasteiger partial charge in [0.25, 0.3) is 0 Å². The Kier molecular flexibility index (Phi) is 2.66. The lowest BCUT2D eigenvalue weighted by molar-refractivity contribution is 0.466. The predicted molar refractivity (Wildman–Crippen MR) is 68.1 cm³/mol. The molecular formula is C13H15N3O2. The Morgan fingerprint density at radius 3 is 1.89 bits per heavy atom. The van der Waals surface area contributed by atoms with Crippen molar-refractivity contribution in [3.63, 3.8) is 0 Å². The Labute approximate surface area is 104 Å².